The number of rotatable bonds is 10. The Morgan fingerprint density at radius 1 is 1.25 bits per heavy atom. The van der Waals surface area contributed by atoms with Gasteiger partial charge in [-0.15, -0.1) is 0 Å². The van der Waals surface area contributed by atoms with Crippen LogP contribution in [0.3, 0.4) is 0 Å². The van der Waals surface area contributed by atoms with Crippen molar-refractivity contribution in [2.75, 3.05) is 46.3 Å². The number of amidine groups is 1. The molecule has 3 aliphatic heterocycles. The van der Waals surface area contributed by atoms with Crippen LogP contribution >= 0.6 is 0 Å². The van der Waals surface area contributed by atoms with E-state index in [0.29, 0.717) is 17.8 Å². The average molecular weight is 553 g/mol. The molecule has 0 aromatic carbocycles. The van der Waals surface area contributed by atoms with Gasteiger partial charge in [0.1, 0.15) is 17.9 Å². The van der Waals surface area contributed by atoms with Gasteiger partial charge >= 0.3 is 0 Å². The van der Waals surface area contributed by atoms with E-state index in [9.17, 15) is 5.11 Å². The Hall–Kier alpha value is -1.93. The fourth-order valence-corrected chi connectivity index (χ4v) is 6.96. The monoisotopic (exact) mass is 552 g/mol. The summed E-state index contributed by atoms with van der Waals surface area (Å²) in [4.78, 5) is 10.2. The number of nitrogens with two attached hydrogens (primary N) is 1. The maximum Gasteiger partial charge on any atom is 0.136 e. The molecule has 1 aliphatic carbocycles. The zero-order valence-electron chi connectivity index (χ0n) is 25.6. The van der Waals surface area contributed by atoms with Crippen LogP contribution in [0.15, 0.2) is 52.8 Å². The van der Waals surface area contributed by atoms with Gasteiger partial charge in [-0.25, -0.2) is 4.99 Å². The van der Waals surface area contributed by atoms with Crippen molar-refractivity contribution in [1.82, 2.24) is 20.4 Å². The van der Waals surface area contributed by atoms with E-state index >= 15 is 0 Å². The summed E-state index contributed by atoms with van der Waals surface area (Å²) in [5, 5.41) is 17.4. The first-order valence-electron chi connectivity index (χ1n) is 15.9. The summed E-state index contributed by atoms with van der Waals surface area (Å²) in [5.74, 6) is 4.56. The maximum absolute atomic E-state index is 10.1. The number of nitrogens with zero attached hydrogens (tertiary/aromatic N) is 3. The minimum absolute atomic E-state index is 0.115. The van der Waals surface area contributed by atoms with Gasteiger partial charge in [0.2, 0.25) is 0 Å². The molecule has 0 spiro atoms. The van der Waals surface area contributed by atoms with Crippen LogP contribution in [-0.4, -0.2) is 79.3 Å². The van der Waals surface area contributed by atoms with Gasteiger partial charge in [0.25, 0.3) is 0 Å². The molecule has 0 amide bonds. The third kappa shape index (κ3) is 8.54. The number of aliphatic imine (C=N–C) groups is 1. The second kappa shape index (κ2) is 14.8. The summed E-state index contributed by atoms with van der Waals surface area (Å²) >= 11 is 0. The Morgan fingerprint density at radius 3 is 2.73 bits per heavy atom. The minimum atomic E-state index is -0.769. The zero-order chi connectivity index (χ0) is 28.6. The zero-order valence-corrected chi connectivity index (χ0v) is 25.6. The summed E-state index contributed by atoms with van der Waals surface area (Å²) in [5.41, 5.74) is 8.18. The van der Waals surface area contributed by atoms with E-state index in [1.165, 1.54) is 51.0 Å². The van der Waals surface area contributed by atoms with Crippen LogP contribution in [0.25, 0.3) is 0 Å². The van der Waals surface area contributed by atoms with Crippen molar-refractivity contribution in [2.24, 2.45) is 40.3 Å². The molecule has 224 valence electrons. The summed E-state index contributed by atoms with van der Waals surface area (Å²) in [6.45, 7) is 17.9. The fourth-order valence-electron chi connectivity index (χ4n) is 6.96. The van der Waals surface area contributed by atoms with Crippen molar-refractivity contribution in [3.05, 3.63) is 47.9 Å². The second-order valence-electron chi connectivity index (χ2n) is 13.3. The van der Waals surface area contributed by atoms with E-state index in [0.717, 1.165) is 61.9 Å². The third-order valence-corrected chi connectivity index (χ3v) is 9.47. The molecule has 4 rings (SSSR count). The van der Waals surface area contributed by atoms with E-state index in [4.69, 9.17) is 10.7 Å². The number of piperidine rings is 1. The highest BCUT2D eigenvalue weighted by Gasteiger charge is 2.32. The minimum Gasteiger partial charge on any atom is -0.379 e. The topological polar surface area (TPSA) is 89.1 Å². The Bertz CT molecular complexity index is 960. The molecular formula is C33H56N6O. The fraction of sp³-hybridized carbons (Fsp3) is 0.727. The van der Waals surface area contributed by atoms with E-state index in [1.54, 1.807) is 0 Å². The lowest BCUT2D eigenvalue weighted by Crippen LogP contribution is -2.44. The normalized spacial score (nSPS) is 29.9. The van der Waals surface area contributed by atoms with Gasteiger partial charge in [0.05, 0.1) is 0 Å². The van der Waals surface area contributed by atoms with Crippen molar-refractivity contribution < 1.29 is 5.11 Å². The predicted molar refractivity (Wildman–Crippen MR) is 168 cm³/mol. The lowest BCUT2D eigenvalue weighted by atomic mass is 9.78. The molecular weight excluding hydrogens is 496 g/mol. The van der Waals surface area contributed by atoms with E-state index in [-0.39, 0.29) is 12.0 Å². The standard InChI is InChI=1S/C33H56N6O/c1-6-29-27(10-8-25-15-18-39(21-25)22-26-13-16-35-17-14-26)11-12-31(38(5)20-23(2)3)37-33(29)36-30-19-28(32(34)40)9-7-24(30)4/h6,8,10-11,23-26,28,30,32,35-36,40H,1,7,9,12-22,34H2,2-5H3/b10-8-. The molecule has 1 saturated carbocycles. The van der Waals surface area contributed by atoms with Crippen LogP contribution in [0.2, 0.25) is 0 Å². The number of nitrogens with one attached hydrogen (secondary N) is 2. The van der Waals surface area contributed by atoms with Crippen LogP contribution in [0.5, 0.6) is 0 Å². The maximum atomic E-state index is 10.1. The van der Waals surface area contributed by atoms with Gasteiger partial charge in [0, 0.05) is 50.6 Å². The van der Waals surface area contributed by atoms with Crippen molar-refractivity contribution in [1.29, 1.82) is 0 Å². The molecule has 3 fully saturated rings. The number of likely N-dealkylation sites (tertiary alicyclic amines) is 1. The molecule has 5 atom stereocenters. The largest absolute Gasteiger partial charge is 0.379 e. The number of aliphatic hydroxyl groups excluding tert-OH is 1. The van der Waals surface area contributed by atoms with Crippen molar-refractivity contribution in [2.45, 2.75) is 78.0 Å². The third-order valence-electron chi connectivity index (χ3n) is 9.47. The molecule has 7 nitrogen and oxygen atoms in total. The molecule has 4 aliphatic rings. The number of hydrogen-bond donors (Lipinski definition) is 4. The molecule has 0 bridgehead atoms. The molecule has 3 heterocycles. The highest BCUT2D eigenvalue weighted by Crippen LogP contribution is 2.32. The highest BCUT2D eigenvalue weighted by molar-refractivity contribution is 5.86. The van der Waals surface area contributed by atoms with Gasteiger partial charge in [0.15, 0.2) is 0 Å². The second-order valence-corrected chi connectivity index (χ2v) is 13.3. The molecule has 7 heteroatoms. The van der Waals surface area contributed by atoms with Crippen molar-refractivity contribution >= 4 is 5.84 Å². The molecule has 0 aromatic rings. The van der Waals surface area contributed by atoms with E-state index in [2.05, 4.69) is 73.1 Å². The molecule has 0 aromatic heterocycles. The van der Waals surface area contributed by atoms with Crippen LogP contribution < -0.4 is 16.4 Å². The Labute approximate surface area is 243 Å². The van der Waals surface area contributed by atoms with E-state index in [1.807, 2.05) is 6.08 Å². The lowest BCUT2D eigenvalue weighted by molar-refractivity contribution is 0.0687. The van der Waals surface area contributed by atoms with Crippen LogP contribution in [0.4, 0.5) is 0 Å². The quantitative estimate of drug-likeness (QED) is 0.303. The van der Waals surface area contributed by atoms with Gasteiger partial charge in [-0.1, -0.05) is 51.7 Å². The van der Waals surface area contributed by atoms with Crippen molar-refractivity contribution in [3.8, 4) is 0 Å². The van der Waals surface area contributed by atoms with Crippen LogP contribution in [0.1, 0.15) is 65.7 Å². The Morgan fingerprint density at radius 2 is 2.02 bits per heavy atom. The summed E-state index contributed by atoms with van der Waals surface area (Å²) in [6.07, 6.45) is 15.8. The van der Waals surface area contributed by atoms with Gasteiger partial charge in [-0.2, -0.15) is 0 Å². The molecule has 5 unspecified atom stereocenters. The number of hydrogen-bond acceptors (Lipinski definition) is 7. The molecule has 2 saturated heterocycles. The smallest absolute Gasteiger partial charge is 0.136 e. The summed E-state index contributed by atoms with van der Waals surface area (Å²) in [6, 6.07) is 0.212. The molecule has 40 heavy (non-hydrogen) atoms. The first-order valence-corrected chi connectivity index (χ1v) is 15.9. The van der Waals surface area contributed by atoms with Gasteiger partial charge < -0.3 is 31.3 Å². The first kappa shape index (κ1) is 31.0. The number of allylic oxidation sites excluding steroid dienone is 4. The summed E-state index contributed by atoms with van der Waals surface area (Å²) < 4.78 is 0. The van der Waals surface area contributed by atoms with Crippen LogP contribution in [-0.2, 0) is 0 Å². The van der Waals surface area contributed by atoms with Crippen molar-refractivity contribution in [3.63, 3.8) is 0 Å². The first-order chi connectivity index (χ1) is 19.2. The number of aliphatic hydroxyl groups is 1. The predicted octanol–water partition coefficient (Wildman–Crippen LogP) is 4.25. The Balaban J connectivity index is 1.52. The van der Waals surface area contributed by atoms with Gasteiger partial charge in [-0.05, 0) is 87.4 Å². The van der Waals surface area contributed by atoms with Crippen LogP contribution in [0, 0.1) is 29.6 Å². The van der Waals surface area contributed by atoms with Gasteiger partial charge in [-0.3, -0.25) is 0 Å². The summed E-state index contributed by atoms with van der Waals surface area (Å²) in [7, 11) is 2.15. The lowest BCUT2D eigenvalue weighted by Gasteiger charge is -2.37. The Kier molecular flexibility index (Phi) is 11.5. The average Bonchev–Trinajstić information content (AvgIpc) is 3.28. The highest BCUT2D eigenvalue weighted by atomic mass is 16.3. The molecule has 5 N–H and O–H groups in total. The SMILES string of the molecule is C=CC1=C(NC2CC(C(N)O)CCC2C)N=C(N(C)CC(C)C)CC=C1/C=C\C1CCN(CC2CCNCC2)C1. The molecule has 0 radical (unpaired) electrons. The van der Waals surface area contributed by atoms with E-state index < -0.39 is 6.23 Å².